The summed E-state index contributed by atoms with van der Waals surface area (Å²) in [7, 11) is -3.88. The Morgan fingerprint density at radius 2 is 1.60 bits per heavy atom. The van der Waals surface area contributed by atoms with E-state index in [0.717, 1.165) is 16.7 Å². The Hall–Kier alpha value is -3.73. The minimum absolute atomic E-state index is 0.110. The predicted octanol–water partition coefficient (Wildman–Crippen LogP) is 6.29. The highest BCUT2D eigenvalue weighted by molar-refractivity contribution is 7.87. The summed E-state index contributed by atoms with van der Waals surface area (Å²) in [6.07, 6.45) is 5.79. The second-order valence-corrected chi connectivity index (χ2v) is 8.22. The highest BCUT2D eigenvalue weighted by atomic mass is 32.2. The summed E-state index contributed by atoms with van der Waals surface area (Å²) in [5, 5.41) is 8.47. The molecular weight excluding hydrogens is 396 g/mol. The molecule has 0 heterocycles. The smallest absolute Gasteiger partial charge is 0.339 e. The van der Waals surface area contributed by atoms with Crippen molar-refractivity contribution in [3.05, 3.63) is 108 Å². The van der Waals surface area contributed by atoms with Gasteiger partial charge in [-0.1, -0.05) is 35.9 Å². The molecule has 1 aliphatic carbocycles. The number of benzene rings is 3. The van der Waals surface area contributed by atoms with Crippen LogP contribution in [0.4, 0.5) is 11.4 Å². The molecule has 0 aromatic heterocycles. The molecule has 30 heavy (non-hydrogen) atoms. The van der Waals surface area contributed by atoms with Gasteiger partial charge in [0.25, 0.3) is 0 Å². The lowest BCUT2D eigenvalue weighted by atomic mass is 10.1. The number of hydrogen-bond donors (Lipinski definition) is 0. The monoisotopic (exact) mass is 414 g/mol. The van der Waals surface area contributed by atoms with E-state index in [9.17, 15) is 8.42 Å². The van der Waals surface area contributed by atoms with Gasteiger partial charge < -0.3 is 4.18 Å². The zero-order chi connectivity index (χ0) is 21.0. The highest BCUT2D eigenvalue weighted by Gasteiger charge is 2.16. The van der Waals surface area contributed by atoms with Crippen LogP contribution >= 0.6 is 0 Å². The molecule has 5 nitrogen and oxygen atoms in total. The van der Waals surface area contributed by atoms with Gasteiger partial charge in [-0.05, 0) is 73.2 Å². The van der Waals surface area contributed by atoms with E-state index >= 15 is 0 Å². The van der Waals surface area contributed by atoms with Gasteiger partial charge in [-0.3, -0.25) is 0 Å². The van der Waals surface area contributed by atoms with Crippen LogP contribution in [0.15, 0.2) is 112 Å². The van der Waals surface area contributed by atoms with Gasteiger partial charge in [-0.25, -0.2) is 0 Å². The zero-order valence-electron chi connectivity index (χ0n) is 16.2. The number of azo groups is 1. The van der Waals surface area contributed by atoms with Gasteiger partial charge in [0.15, 0.2) is 0 Å². The van der Waals surface area contributed by atoms with Crippen molar-refractivity contribution in [1.82, 2.24) is 0 Å². The Morgan fingerprint density at radius 1 is 0.867 bits per heavy atom. The van der Waals surface area contributed by atoms with E-state index in [1.165, 1.54) is 12.1 Å². The number of allylic oxidation sites excluding steroid dienone is 3. The van der Waals surface area contributed by atoms with Crippen LogP contribution in [0.1, 0.15) is 11.1 Å². The first-order valence-electron chi connectivity index (χ1n) is 9.26. The van der Waals surface area contributed by atoms with Crippen LogP contribution in [0.25, 0.3) is 5.57 Å². The average molecular weight is 414 g/mol. The van der Waals surface area contributed by atoms with Crippen LogP contribution in [0.5, 0.6) is 5.75 Å². The largest absolute Gasteiger partial charge is 0.379 e. The summed E-state index contributed by atoms with van der Waals surface area (Å²) in [5.74, 6) is 0.211. The lowest BCUT2D eigenvalue weighted by Crippen LogP contribution is -2.09. The lowest BCUT2D eigenvalue weighted by Gasteiger charge is -2.07. The molecule has 0 unspecified atom stereocenters. The van der Waals surface area contributed by atoms with Crippen molar-refractivity contribution in [1.29, 1.82) is 0 Å². The molecule has 0 aliphatic heterocycles. The molecule has 1 aliphatic rings. The quantitative estimate of drug-likeness (QED) is 0.270. The lowest BCUT2D eigenvalue weighted by molar-refractivity contribution is 0.486. The van der Waals surface area contributed by atoms with Crippen molar-refractivity contribution in [3.8, 4) is 5.75 Å². The molecule has 3 aromatic carbocycles. The van der Waals surface area contributed by atoms with E-state index in [0.29, 0.717) is 11.4 Å². The summed E-state index contributed by atoms with van der Waals surface area (Å²) in [5.41, 5.74) is 7.45. The highest BCUT2D eigenvalue weighted by Crippen LogP contribution is 2.26. The minimum Gasteiger partial charge on any atom is -0.379 e. The first kappa shape index (κ1) is 19.6. The molecule has 0 atom stereocenters. The third-order valence-electron chi connectivity index (χ3n) is 4.39. The molecule has 0 amide bonds. The summed E-state index contributed by atoms with van der Waals surface area (Å²) in [4.78, 5) is 0.110. The first-order valence-corrected chi connectivity index (χ1v) is 10.7. The summed E-state index contributed by atoms with van der Waals surface area (Å²) < 4.78 is 29.9. The van der Waals surface area contributed by atoms with Crippen molar-refractivity contribution in [2.75, 3.05) is 0 Å². The Bertz CT molecular complexity index is 1300. The molecule has 3 aromatic rings. The predicted molar refractivity (Wildman–Crippen MR) is 117 cm³/mol. The maximum atomic E-state index is 12.4. The third kappa shape index (κ3) is 4.63. The molecule has 0 spiro atoms. The van der Waals surface area contributed by atoms with Gasteiger partial charge in [-0.15, -0.1) is 5.73 Å². The number of aryl methyl sites for hydroxylation is 1. The van der Waals surface area contributed by atoms with Crippen LogP contribution < -0.4 is 4.18 Å². The van der Waals surface area contributed by atoms with Gasteiger partial charge in [0.1, 0.15) is 10.6 Å². The Kier molecular flexibility index (Phi) is 5.44. The van der Waals surface area contributed by atoms with Gasteiger partial charge in [-0.2, -0.15) is 18.6 Å². The van der Waals surface area contributed by atoms with Crippen molar-refractivity contribution in [2.45, 2.75) is 11.8 Å². The standard InChI is InChI=1S/C24H18N2O3S/c1-18-9-15-24(16-10-18)30(27,28)29-23-13-11-21(12-14-23)25-26-22-8-4-7-20(17-22)19-5-2-3-6-19/h2-5,7-17H,1H3. The second-order valence-electron chi connectivity index (χ2n) is 6.68. The molecule has 4 rings (SSSR count). The topological polar surface area (TPSA) is 68.1 Å². The molecule has 0 N–H and O–H groups in total. The van der Waals surface area contributed by atoms with Gasteiger partial charge in [0.2, 0.25) is 0 Å². The minimum atomic E-state index is -3.88. The maximum Gasteiger partial charge on any atom is 0.339 e. The van der Waals surface area contributed by atoms with Crippen molar-refractivity contribution < 1.29 is 12.6 Å². The van der Waals surface area contributed by atoms with Crippen molar-refractivity contribution >= 4 is 27.1 Å². The molecule has 148 valence electrons. The fraction of sp³-hybridized carbons (Fsp3) is 0.0417. The summed E-state index contributed by atoms with van der Waals surface area (Å²) >= 11 is 0. The van der Waals surface area contributed by atoms with E-state index in [4.69, 9.17) is 4.18 Å². The van der Waals surface area contributed by atoms with Crippen LogP contribution in [-0.2, 0) is 10.1 Å². The van der Waals surface area contributed by atoms with Gasteiger partial charge >= 0.3 is 10.1 Å². The van der Waals surface area contributed by atoms with E-state index < -0.39 is 10.1 Å². The maximum absolute atomic E-state index is 12.4. The SMILES string of the molecule is Cc1ccc(S(=O)(=O)Oc2ccc(N=Nc3cccc(C4=C=CC=C4)c3)cc2)cc1. The zero-order valence-corrected chi connectivity index (χ0v) is 17.0. The number of nitrogens with zero attached hydrogens (tertiary/aromatic N) is 2. The van der Waals surface area contributed by atoms with E-state index in [1.54, 1.807) is 36.4 Å². The fourth-order valence-corrected chi connectivity index (χ4v) is 3.74. The van der Waals surface area contributed by atoms with Crippen LogP contribution in [0.2, 0.25) is 0 Å². The first-order chi connectivity index (χ1) is 14.5. The van der Waals surface area contributed by atoms with Crippen LogP contribution in [-0.4, -0.2) is 8.42 Å². The van der Waals surface area contributed by atoms with Crippen molar-refractivity contribution in [2.24, 2.45) is 10.2 Å². The molecule has 0 saturated heterocycles. The Labute approximate surface area is 175 Å². The summed E-state index contributed by atoms with van der Waals surface area (Å²) in [6, 6.07) is 20.6. The normalized spacial score (nSPS) is 13.0. The molecule has 6 heteroatoms. The second kappa shape index (κ2) is 8.33. The van der Waals surface area contributed by atoms with E-state index in [-0.39, 0.29) is 10.6 Å². The third-order valence-corrected chi connectivity index (χ3v) is 5.65. The molecule has 0 fully saturated rings. The van der Waals surface area contributed by atoms with E-state index in [2.05, 4.69) is 16.0 Å². The average Bonchev–Trinajstić information content (AvgIpc) is 3.29. The Balaban J connectivity index is 1.46. The van der Waals surface area contributed by atoms with Gasteiger partial charge in [0, 0.05) is 5.57 Å². The van der Waals surface area contributed by atoms with Crippen molar-refractivity contribution in [3.63, 3.8) is 0 Å². The fourth-order valence-electron chi connectivity index (χ4n) is 2.81. The number of hydrogen-bond acceptors (Lipinski definition) is 5. The molecular formula is C24H18N2O3S. The number of rotatable bonds is 6. The van der Waals surface area contributed by atoms with Crippen LogP contribution in [0, 0.1) is 6.92 Å². The van der Waals surface area contributed by atoms with E-state index in [1.807, 2.05) is 49.4 Å². The molecule has 0 radical (unpaired) electrons. The van der Waals surface area contributed by atoms with Crippen LogP contribution in [0.3, 0.4) is 0 Å². The molecule has 0 saturated carbocycles. The van der Waals surface area contributed by atoms with Gasteiger partial charge in [0.05, 0.1) is 11.4 Å². The summed E-state index contributed by atoms with van der Waals surface area (Å²) in [6.45, 7) is 1.89. The molecule has 0 bridgehead atoms. The Morgan fingerprint density at radius 3 is 2.30 bits per heavy atom.